The number of rotatable bonds is 6. The maximum absolute atomic E-state index is 10.9. The highest BCUT2D eigenvalue weighted by Gasteiger charge is 1.95. The highest BCUT2D eigenvalue weighted by atomic mass is 16.3. The number of nitrogens with zero attached hydrogens (tertiary/aromatic N) is 1. The molecule has 1 N–H and O–H groups in total. The summed E-state index contributed by atoms with van der Waals surface area (Å²) >= 11 is 0. The fourth-order valence-electron chi connectivity index (χ4n) is 0.696. The number of aliphatic hydroxyl groups is 1. The van der Waals surface area contributed by atoms with E-state index in [4.69, 9.17) is 5.11 Å². The van der Waals surface area contributed by atoms with Gasteiger partial charge in [0.25, 0.3) is 0 Å². The number of aliphatic hydroxyl groups excluding tert-OH is 1. The van der Waals surface area contributed by atoms with Crippen LogP contribution in [0.15, 0.2) is 4.99 Å². The SMILES string of the molecule is CCCC(=O)CC=NCCO. The molecule has 0 heterocycles. The molecule has 0 fully saturated rings. The number of hydrogen-bond acceptors (Lipinski definition) is 3. The number of carbonyl (C=O) groups excluding carboxylic acids is 1. The van der Waals surface area contributed by atoms with Gasteiger partial charge in [0.1, 0.15) is 5.78 Å². The molecule has 0 radical (unpaired) electrons. The van der Waals surface area contributed by atoms with E-state index in [9.17, 15) is 4.79 Å². The van der Waals surface area contributed by atoms with Gasteiger partial charge in [0.05, 0.1) is 13.2 Å². The Labute approximate surface area is 67.1 Å². The molecule has 0 bridgehead atoms. The van der Waals surface area contributed by atoms with Gasteiger partial charge in [-0.2, -0.15) is 0 Å². The van der Waals surface area contributed by atoms with Crippen LogP contribution < -0.4 is 0 Å². The molecule has 0 saturated heterocycles. The van der Waals surface area contributed by atoms with Gasteiger partial charge in [0.15, 0.2) is 0 Å². The molecule has 0 unspecified atom stereocenters. The molecular formula is C8H15NO2. The maximum Gasteiger partial charge on any atom is 0.138 e. The summed E-state index contributed by atoms with van der Waals surface area (Å²) in [5, 5.41) is 8.34. The van der Waals surface area contributed by atoms with E-state index in [1.165, 1.54) is 0 Å². The third kappa shape index (κ3) is 7.19. The lowest BCUT2D eigenvalue weighted by Crippen LogP contribution is -1.98. The van der Waals surface area contributed by atoms with Crippen LogP contribution in [-0.2, 0) is 4.79 Å². The molecule has 0 amide bonds. The smallest absolute Gasteiger partial charge is 0.138 e. The zero-order valence-corrected chi connectivity index (χ0v) is 6.92. The van der Waals surface area contributed by atoms with Crippen LogP contribution in [0.25, 0.3) is 0 Å². The van der Waals surface area contributed by atoms with Crippen LogP contribution in [0.3, 0.4) is 0 Å². The molecule has 3 nitrogen and oxygen atoms in total. The zero-order chi connectivity index (χ0) is 8.53. The first-order valence-corrected chi connectivity index (χ1v) is 3.92. The van der Waals surface area contributed by atoms with Gasteiger partial charge in [-0.3, -0.25) is 9.79 Å². The van der Waals surface area contributed by atoms with Crippen molar-refractivity contribution in [2.24, 2.45) is 4.99 Å². The molecule has 0 aliphatic heterocycles. The van der Waals surface area contributed by atoms with E-state index in [0.29, 0.717) is 19.4 Å². The molecule has 0 aliphatic rings. The second-order valence-corrected chi connectivity index (χ2v) is 2.31. The van der Waals surface area contributed by atoms with Crippen molar-refractivity contribution in [2.75, 3.05) is 13.2 Å². The number of ketones is 1. The highest BCUT2D eigenvalue weighted by Crippen LogP contribution is 1.91. The van der Waals surface area contributed by atoms with E-state index in [1.54, 1.807) is 6.21 Å². The normalized spacial score (nSPS) is 10.7. The Morgan fingerprint density at radius 2 is 2.36 bits per heavy atom. The molecule has 3 heteroatoms. The summed E-state index contributed by atoms with van der Waals surface area (Å²) in [5.74, 6) is 0.217. The number of Topliss-reactive ketones (excluding diaryl/α,β-unsaturated/α-hetero) is 1. The Kier molecular flexibility index (Phi) is 6.94. The third-order valence-electron chi connectivity index (χ3n) is 1.21. The average molecular weight is 157 g/mol. The lowest BCUT2D eigenvalue weighted by atomic mass is 10.2. The van der Waals surface area contributed by atoms with Gasteiger partial charge in [-0.25, -0.2) is 0 Å². The van der Waals surface area contributed by atoms with Gasteiger partial charge in [0, 0.05) is 19.1 Å². The lowest BCUT2D eigenvalue weighted by molar-refractivity contribution is -0.117. The topological polar surface area (TPSA) is 49.7 Å². The predicted octanol–water partition coefficient (Wildman–Crippen LogP) is 0.809. The van der Waals surface area contributed by atoms with Crippen LogP contribution in [0.2, 0.25) is 0 Å². The molecular weight excluding hydrogens is 142 g/mol. The first-order valence-electron chi connectivity index (χ1n) is 3.92. The minimum atomic E-state index is 0.0540. The van der Waals surface area contributed by atoms with Crippen molar-refractivity contribution in [3.63, 3.8) is 0 Å². The Morgan fingerprint density at radius 3 is 2.91 bits per heavy atom. The standard InChI is InChI=1S/C8H15NO2/c1-2-3-8(11)4-5-9-6-7-10/h5,10H,2-4,6-7H2,1H3. The van der Waals surface area contributed by atoms with Crippen molar-refractivity contribution in [2.45, 2.75) is 26.2 Å². The summed E-state index contributed by atoms with van der Waals surface area (Å²) in [4.78, 5) is 14.7. The molecule has 64 valence electrons. The second kappa shape index (κ2) is 7.41. The largest absolute Gasteiger partial charge is 0.394 e. The molecule has 0 rings (SSSR count). The summed E-state index contributed by atoms with van der Waals surface area (Å²) in [6.45, 7) is 2.43. The Morgan fingerprint density at radius 1 is 1.64 bits per heavy atom. The monoisotopic (exact) mass is 157 g/mol. The molecule has 0 atom stereocenters. The quantitative estimate of drug-likeness (QED) is 0.580. The Hall–Kier alpha value is -0.700. The maximum atomic E-state index is 10.9. The predicted molar refractivity (Wildman–Crippen MR) is 45.0 cm³/mol. The van der Waals surface area contributed by atoms with Gasteiger partial charge in [-0.05, 0) is 6.42 Å². The minimum absolute atomic E-state index is 0.0540. The van der Waals surface area contributed by atoms with Crippen molar-refractivity contribution in [1.29, 1.82) is 0 Å². The summed E-state index contributed by atoms with van der Waals surface area (Å²) in [6.07, 6.45) is 3.51. The van der Waals surface area contributed by atoms with E-state index in [-0.39, 0.29) is 12.4 Å². The number of aliphatic imine (C=N–C) groups is 1. The van der Waals surface area contributed by atoms with Crippen LogP contribution in [0.5, 0.6) is 0 Å². The van der Waals surface area contributed by atoms with Crippen LogP contribution in [-0.4, -0.2) is 30.3 Å². The second-order valence-electron chi connectivity index (χ2n) is 2.31. The lowest BCUT2D eigenvalue weighted by Gasteiger charge is -1.90. The van der Waals surface area contributed by atoms with Crippen molar-refractivity contribution in [3.8, 4) is 0 Å². The van der Waals surface area contributed by atoms with E-state index in [0.717, 1.165) is 6.42 Å². The van der Waals surface area contributed by atoms with Gasteiger partial charge in [-0.15, -0.1) is 0 Å². The summed E-state index contributed by atoms with van der Waals surface area (Å²) < 4.78 is 0. The molecule has 0 aromatic rings. The third-order valence-corrected chi connectivity index (χ3v) is 1.21. The molecule has 0 aliphatic carbocycles. The van der Waals surface area contributed by atoms with E-state index in [2.05, 4.69) is 4.99 Å². The fourth-order valence-corrected chi connectivity index (χ4v) is 0.696. The Bertz CT molecular complexity index is 132. The van der Waals surface area contributed by atoms with E-state index in [1.807, 2.05) is 6.92 Å². The first-order chi connectivity index (χ1) is 5.31. The highest BCUT2D eigenvalue weighted by molar-refractivity contribution is 5.91. The molecule has 0 aromatic carbocycles. The summed E-state index contributed by atoms with van der Waals surface area (Å²) in [6, 6.07) is 0. The van der Waals surface area contributed by atoms with Gasteiger partial charge in [-0.1, -0.05) is 6.92 Å². The van der Waals surface area contributed by atoms with Gasteiger partial charge >= 0.3 is 0 Å². The molecule has 0 aromatic heterocycles. The zero-order valence-electron chi connectivity index (χ0n) is 6.92. The minimum Gasteiger partial charge on any atom is -0.394 e. The van der Waals surface area contributed by atoms with E-state index < -0.39 is 0 Å². The van der Waals surface area contributed by atoms with Crippen molar-refractivity contribution in [1.82, 2.24) is 0 Å². The van der Waals surface area contributed by atoms with E-state index >= 15 is 0 Å². The van der Waals surface area contributed by atoms with Crippen LogP contribution >= 0.6 is 0 Å². The van der Waals surface area contributed by atoms with Crippen LogP contribution in [0.4, 0.5) is 0 Å². The molecule has 0 spiro atoms. The summed E-state index contributed by atoms with van der Waals surface area (Å²) in [5.41, 5.74) is 0. The van der Waals surface area contributed by atoms with Gasteiger partial charge in [0.2, 0.25) is 0 Å². The van der Waals surface area contributed by atoms with Crippen molar-refractivity contribution < 1.29 is 9.90 Å². The van der Waals surface area contributed by atoms with Crippen molar-refractivity contribution >= 4 is 12.0 Å². The van der Waals surface area contributed by atoms with Gasteiger partial charge < -0.3 is 5.11 Å². The summed E-state index contributed by atoms with van der Waals surface area (Å²) in [7, 11) is 0. The van der Waals surface area contributed by atoms with Crippen LogP contribution in [0.1, 0.15) is 26.2 Å². The number of hydrogen-bond donors (Lipinski definition) is 1. The Balaban J connectivity index is 3.29. The fraction of sp³-hybridized carbons (Fsp3) is 0.750. The average Bonchev–Trinajstić information content (AvgIpc) is 1.99. The first kappa shape index (κ1) is 10.3. The molecule has 0 saturated carbocycles. The number of carbonyl (C=O) groups is 1. The molecule has 11 heavy (non-hydrogen) atoms. The van der Waals surface area contributed by atoms with Crippen LogP contribution in [0, 0.1) is 0 Å². The van der Waals surface area contributed by atoms with Crippen molar-refractivity contribution in [3.05, 3.63) is 0 Å².